The number of allylic oxidation sites excluding steroid dienone is 1. The van der Waals surface area contributed by atoms with E-state index in [-0.39, 0.29) is 6.04 Å². The van der Waals surface area contributed by atoms with Crippen molar-refractivity contribution in [1.29, 1.82) is 0 Å². The first-order valence-electron chi connectivity index (χ1n) is 6.39. The Morgan fingerprint density at radius 1 is 1.29 bits per heavy atom. The van der Waals surface area contributed by atoms with Crippen LogP contribution in [0, 0.1) is 6.92 Å². The summed E-state index contributed by atoms with van der Waals surface area (Å²) in [4.78, 5) is 1.29. The molecule has 1 aliphatic rings. The summed E-state index contributed by atoms with van der Waals surface area (Å²) in [7, 11) is 0. The predicted octanol–water partition coefficient (Wildman–Crippen LogP) is 5.10. The molecule has 0 fully saturated rings. The summed E-state index contributed by atoms with van der Waals surface area (Å²) in [6.45, 7) is 2.13. The molecule has 1 heterocycles. The SMILES string of the molecule is Cc1cc(C(N)/C2=C/CCCCCC2)sc1Br. The third-order valence-electron chi connectivity index (χ3n) is 3.41. The Bertz CT molecular complexity index is 389. The van der Waals surface area contributed by atoms with Crippen LogP contribution in [0.3, 0.4) is 0 Å². The van der Waals surface area contributed by atoms with Gasteiger partial charge in [0, 0.05) is 4.88 Å². The van der Waals surface area contributed by atoms with Crippen molar-refractivity contribution in [1.82, 2.24) is 0 Å². The molecular weight excluding hydrogens is 294 g/mol. The van der Waals surface area contributed by atoms with E-state index in [0.717, 1.165) is 0 Å². The van der Waals surface area contributed by atoms with Gasteiger partial charge in [-0.15, -0.1) is 11.3 Å². The Balaban J connectivity index is 2.14. The van der Waals surface area contributed by atoms with E-state index in [1.807, 2.05) is 0 Å². The smallest absolute Gasteiger partial charge is 0.0731 e. The molecule has 0 saturated carbocycles. The fraction of sp³-hybridized carbons (Fsp3) is 0.571. The molecule has 0 spiro atoms. The maximum absolute atomic E-state index is 6.39. The quantitative estimate of drug-likeness (QED) is 0.755. The van der Waals surface area contributed by atoms with Crippen molar-refractivity contribution < 1.29 is 0 Å². The highest BCUT2D eigenvalue weighted by Crippen LogP contribution is 2.35. The number of nitrogens with two attached hydrogens (primary N) is 1. The molecule has 1 atom stereocenters. The second kappa shape index (κ2) is 6.17. The van der Waals surface area contributed by atoms with Crippen LogP contribution in [0.5, 0.6) is 0 Å². The van der Waals surface area contributed by atoms with E-state index < -0.39 is 0 Å². The average Bonchev–Trinajstić information content (AvgIpc) is 2.58. The molecule has 17 heavy (non-hydrogen) atoms. The number of hydrogen-bond acceptors (Lipinski definition) is 2. The number of rotatable bonds is 2. The van der Waals surface area contributed by atoms with Crippen LogP contribution in [0.1, 0.15) is 55.0 Å². The lowest BCUT2D eigenvalue weighted by atomic mass is 9.94. The predicted molar refractivity (Wildman–Crippen MR) is 79.5 cm³/mol. The summed E-state index contributed by atoms with van der Waals surface area (Å²) in [5.41, 5.74) is 9.13. The summed E-state index contributed by atoms with van der Waals surface area (Å²) in [5.74, 6) is 0. The van der Waals surface area contributed by atoms with Gasteiger partial charge in [0.05, 0.1) is 9.83 Å². The van der Waals surface area contributed by atoms with E-state index in [4.69, 9.17) is 5.73 Å². The van der Waals surface area contributed by atoms with Crippen LogP contribution in [-0.2, 0) is 0 Å². The van der Waals surface area contributed by atoms with Crippen molar-refractivity contribution in [3.63, 3.8) is 0 Å². The van der Waals surface area contributed by atoms with E-state index in [0.29, 0.717) is 0 Å². The van der Waals surface area contributed by atoms with Gasteiger partial charge < -0.3 is 5.73 Å². The molecule has 0 aliphatic heterocycles. The molecule has 1 aromatic heterocycles. The highest BCUT2D eigenvalue weighted by Gasteiger charge is 2.16. The first-order chi connectivity index (χ1) is 8.18. The minimum Gasteiger partial charge on any atom is -0.320 e. The van der Waals surface area contributed by atoms with Gasteiger partial charge >= 0.3 is 0 Å². The van der Waals surface area contributed by atoms with E-state index in [9.17, 15) is 0 Å². The highest BCUT2D eigenvalue weighted by atomic mass is 79.9. The Morgan fingerprint density at radius 2 is 2.06 bits per heavy atom. The van der Waals surface area contributed by atoms with Gasteiger partial charge in [0.2, 0.25) is 0 Å². The minimum absolute atomic E-state index is 0.114. The molecule has 0 radical (unpaired) electrons. The summed E-state index contributed by atoms with van der Waals surface area (Å²) in [5, 5.41) is 0. The molecule has 94 valence electrons. The van der Waals surface area contributed by atoms with Crippen LogP contribution in [0.15, 0.2) is 21.5 Å². The van der Waals surface area contributed by atoms with Crippen LogP contribution < -0.4 is 5.73 Å². The molecule has 1 nitrogen and oxygen atoms in total. The van der Waals surface area contributed by atoms with Crippen molar-refractivity contribution in [3.05, 3.63) is 31.9 Å². The zero-order valence-electron chi connectivity index (χ0n) is 10.3. The van der Waals surface area contributed by atoms with Crippen molar-refractivity contribution in [2.75, 3.05) is 0 Å². The maximum atomic E-state index is 6.39. The molecule has 1 unspecified atom stereocenters. The third kappa shape index (κ3) is 3.43. The standard InChI is InChI=1S/C14H20BrNS/c1-10-9-12(17-14(10)15)13(16)11-7-5-3-2-4-6-8-11/h7,9,13H,2-6,8,16H2,1H3/b11-7+. The Labute approximate surface area is 116 Å². The van der Waals surface area contributed by atoms with Crippen LogP contribution in [-0.4, -0.2) is 0 Å². The van der Waals surface area contributed by atoms with Crippen LogP contribution >= 0.6 is 27.3 Å². The van der Waals surface area contributed by atoms with Gasteiger partial charge in [0.15, 0.2) is 0 Å². The van der Waals surface area contributed by atoms with Gasteiger partial charge in [-0.2, -0.15) is 0 Å². The molecule has 0 aromatic carbocycles. The van der Waals surface area contributed by atoms with Gasteiger partial charge in [-0.1, -0.05) is 24.5 Å². The molecule has 0 bridgehead atoms. The molecule has 1 aliphatic carbocycles. The molecule has 3 heteroatoms. The van der Waals surface area contributed by atoms with Gasteiger partial charge in [0.1, 0.15) is 0 Å². The summed E-state index contributed by atoms with van der Waals surface area (Å²) < 4.78 is 1.22. The zero-order valence-corrected chi connectivity index (χ0v) is 12.7. The second-order valence-electron chi connectivity index (χ2n) is 4.82. The second-order valence-corrected chi connectivity index (χ2v) is 7.22. The highest BCUT2D eigenvalue weighted by molar-refractivity contribution is 9.11. The van der Waals surface area contributed by atoms with Gasteiger partial charge in [0.25, 0.3) is 0 Å². The minimum atomic E-state index is 0.114. The number of aryl methyl sites for hydroxylation is 1. The summed E-state index contributed by atoms with van der Waals surface area (Å²) in [6, 6.07) is 2.34. The molecule has 0 saturated heterocycles. The first-order valence-corrected chi connectivity index (χ1v) is 8.00. The van der Waals surface area contributed by atoms with E-state index in [1.54, 1.807) is 11.3 Å². The van der Waals surface area contributed by atoms with Gasteiger partial charge in [-0.05, 0) is 60.2 Å². The first kappa shape index (κ1) is 13.3. The summed E-state index contributed by atoms with van der Waals surface area (Å²) >= 11 is 5.36. The molecule has 2 N–H and O–H groups in total. The molecular formula is C14H20BrNS. The van der Waals surface area contributed by atoms with E-state index in [1.165, 1.54) is 58.3 Å². The Morgan fingerprint density at radius 3 is 2.76 bits per heavy atom. The normalized spacial score (nSPS) is 22.4. The molecule has 0 amide bonds. The fourth-order valence-electron chi connectivity index (χ4n) is 2.32. The number of thiophene rings is 1. The van der Waals surface area contributed by atoms with Crippen LogP contribution in [0.25, 0.3) is 0 Å². The van der Waals surface area contributed by atoms with Gasteiger partial charge in [-0.25, -0.2) is 0 Å². The zero-order chi connectivity index (χ0) is 12.3. The van der Waals surface area contributed by atoms with Crippen LogP contribution in [0.2, 0.25) is 0 Å². The molecule has 2 rings (SSSR count). The topological polar surface area (TPSA) is 26.0 Å². The van der Waals surface area contributed by atoms with Crippen molar-refractivity contribution in [3.8, 4) is 0 Å². The number of hydrogen-bond donors (Lipinski definition) is 1. The lowest BCUT2D eigenvalue weighted by molar-refractivity contribution is 0.604. The number of halogens is 1. The largest absolute Gasteiger partial charge is 0.320 e. The van der Waals surface area contributed by atoms with Gasteiger partial charge in [-0.3, -0.25) is 0 Å². The Hall–Kier alpha value is -0.120. The van der Waals surface area contributed by atoms with E-state index in [2.05, 4.69) is 35.0 Å². The van der Waals surface area contributed by atoms with Crippen molar-refractivity contribution in [2.45, 2.75) is 51.5 Å². The van der Waals surface area contributed by atoms with E-state index >= 15 is 0 Å². The lowest BCUT2D eigenvalue weighted by Crippen LogP contribution is -2.12. The molecule has 1 aromatic rings. The average molecular weight is 314 g/mol. The van der Waals surface area contributed by atoms with Crippen molar-refractivity contribution >= 4 is 27.3 Å². The lowest BCUT2D eigenvalue weighted by Gasteiger charge is -2.17. The fourth-order valence-corrected chi connectivity index (χ4v) is 3.93. The van der Waals surface area contributed by atoms with Crippen molar-refractivity contribution in [2.24, 2.45) is 5.73 Å². The maximum Gasteiger partial charge on any atom is 0.0731 e. The summed E-state index contributed by atoms with van der Waals surface area (Å²) in [6.07, 6.45) is 10.1. The monoisotopic (exact) mass is 313 g/mol. The third-order valence-corrected chi connectivity index (χ3v) is 5.63. The van der Waals surface area contributed by atoms with Crippen LogP contribution in [0.4, 0.5) is 0 Å². The Kier molecular flexibility index (Phi) is 4.83.